The number of hydrogen-bond acceptors (Lipinski definition) is 4. The van der Waals surface area contributed by atoms with Crippen molar-refractivity contribution in [3.63, 3.8) is 0 Å². The second kappa shape index (κ2) is 5.88. The molecule has 0 aliphatic heterocycles. The number of sulfone groups is 1. The Morgan fingerprint density at radius 2 is 2.00 bits per heavy atom. The minimum absolute atomic E-state index is 0.331. The van der Waals surface area contributed by atoms with Crippen molar-refractivity contribution in [1.82, 2.24) is 9.97 Å². The average Bonchev–Trinajstić information content (AvgIpc) is 3.27. The van der Waals surface area contributed by atoms with E-state index in [2.05, 4.69) is 15.3 Å². The first-order valence-corrected chi connectivity index (χ1v) is 10.3. The molecule has 1 aliphatic rings. The Balaban J connectivity index is 1.90. The zero-order valence-corrected chi connectivity index (χ0v) is 15.2. The topological polar surface area (TPSA) is 74.8 Å². The Labute approximate surface area is 147 Å². The number of fused-ring (bicyclic) bond motifs is 1. The van der Waals surface area contributed by atoms with Crippen LogP contribution in [0.1, 0.15) is 18.5 Å². The van der Waals surface area contributed by atoms with Gasteiger partial charge in [-0.3, -0.25) is 0 Å². The van der Waals surface area contributed by atoms with Gasteiger partial charge in [0.2, 0.25) is 0 Å². The molecule has 6 heteroatoms. The summed E-state index contributed by atoms with van der Waals surface area (Å²) in [6.45, 7) is 2.87. The molecule has 4 rings (SSSR count). The molecule has 1 aliphatic carbocycles. The van der Waals surface area contributed by atoms with Gasteiger partial charge in [-0.2, -0.15) is 0 Å². The summed E-state index contributed by atoms with van der Waals surface area (Å²) in [7, 11) is -3.27. The largest absolute Gasteiger partial charge is 0.384 e. The van der Waals surface area contributed by atoms with E-state index in [1.165, 1.54) is 19.1 Å². The molecule has 0 saturated heterocycles. The van der Waals surface area contributed by atoms with Gasteiger partial charge >= 0.3 is 0 Å². The molecule has 0 amide bonds. The van der Waals surface area contributed by atoms with Crippen LogP contribution in [-0.2, 0) is 9.84 Å². The molecule has 1 aromatic carbocycles. The summed E-state index contributed by atoms with van der Waals surface area (Å²) in [5.41, 5.74) is 4.56. The fourth-order valence-electron chi connectivity index (χ4n) is 3.10. The average molecular weight is 355 g/mol. The van der Waals surface area contributed by atoms with E-state index in [4.69, 9.17) is 0 Å². The van der Waals surface area contributed by atoms with Crippen molar-refractivity contribution in [3.05, 3.63) is 42.2 Å². The number of rotatable bonds is 5. The van der Waals surface area contributed by atoms with E-state index < -0.39 is 9.84 Å². The number of nitrogens with zero attached hydrogens (tertiary/aromatic N) is 1. The summed E-state index contributed by atoms with van der Waals surface area (Å²) >= 11 is 0. The maximum Gasteiger partial charge on any atom is 0.175 e. The predicted octanol–water partition coefficient (Wildman–Crippen LogP) is 3.76. The third-order valence-corrected chi connectivity index (χ3v) is 5.75. The third kappa shape index (κ3) is 3.26. The number of aromatic nitrogens is 2. The molecule has 2 heterocycles. The maximum absolute atomic E-state index is 12.0. The second-order valence-electron chi connectivity index (χ2n) is 6.85. The minimum Gasteiger partial charge on any atom is -0.384 e. The summed E-state index contributed by atoms with van der Waals surface area (Å²) in [6.07, 6.45) is 5.63. The van der Waals surface area contributed by atoms with Crippen molar-refractivity contribution < 1.29 is 8.42 Å². The summed E-state index contributed by atoms with van der Waals surface area (Å²) < 4.78 is 24.1. The van der Waals surface area contributed by atoms with Crippen molar-refractivity contribution in [2.75, 3.05) is 18.1 Å². The van der Waals surface area contributed by atoms with E-state index in [0.29, 0.717) is 4.90 Å². The Kier molecular flexibility index (Phi) is 3.80. The molecule has 0 radical (unpaired) electrons. The van der Waals surface area contributed by atoms with Crippen LogP contribution in [0.15, 0.2) is 41.4 Å². The summed E-state index contributed by atoms with van der Waals surface area (Å²) in [4.78, 5) is 7.99. The van der Waals surface area contributed by atoms with Gasteiger partial charge in [-0.25, -0.2) is 13.4 Å². The van der Waals surface area contributed by atoms with Gasteiger partial charge in [-0.1, -0.05) is 0 Å². The van der Waals surface area contributed by atoms with E-state index in [1.54, 1.807) is 12.1 Å². The van der Waals surface area contributed by atoms with Crippen LogP contribution in [0.3, 0.4) is 0 Å². The number of aromatic amines is 1. The van der Waals surface area contributed by atoms with E-state index in [1.807, 2.05) is 31.3 Å². The second-order valence-corrected chi connectivity index (χ2v) is 8.87. The molecule has 1 saturated carbocycles. The minimum atomic E-state index is -3.27. The highest BCUT2D eigenvalue weighted by molar-refractivity contribution is 7.90. The highest BCUT2D eigenvalue weighted by Crippen LogP contribution is 2.36. The lowest BCUT2D eigenvalue weighted by Gasteiger charge is -2.15. The Morgan fingerprint density at radius 3 is 2.72 bits per heavy atom. The lowest BCUT2D eigenvalue weighted by molar-refractivity contribution is 0.602. The van der Waals surface area contributed by atoms with Crippen LogP contribution < -0.4 is 5.32 Å². The summed E-state index contributed by atoms with van der Waals surface area (Å²) in [5.74, 6) is 0.730. The Morgan fingerprint density at radius 1 is 1.20 bits per heavy atom. The van der Waals surface area contributed by atoms with Crippen molar-refractivity contribution in [3.8, 4) is 11.1 Å². The first kappa shape index (κ1) is 16.1. The highest BCUT2D eigenvalue weighted by atomic mass is 32.2. The molecular weight excluding hydrogens is 334 g/mol. The van der Waals surface area contributed by atoms with Crippen molar-refractivity contribution in [2.24, 2.45) is 5.92 Å². The molecule has 0 unspecified atom stereocenters. The number of benzene rings is 1. The molecule has 25 heavy (non-hydrogen) atoms. The molecule has 0 atom stereocenters. The number of nitrogens with one attached hydrogen (secondary N) is 2. The zero-order chi connectivity index (χ0) is 17.6. The van der Waals surface area contributed by atoms with Crippen LogP contribution in [0.5, 0.6) is 0 Å². The Hall–Kier alpha value is -2.34. The normalized spacial score (nSPS) is 14.8. The molecule has 5 nitrogen and oxygen atoms in total. The highest BCUT2D eigenvalue weighted by Gasteiger charge is 2.22. The van der Waals surface area contributed by atoms with Crippen LogP contribution >= 0.6 is 0 Å². The number of aryl methyl sites for hydroxylation is 1. The molecular formula is C19H21N3O2S. The van der Waals surface area contributed by atoms with E-state index in [-0.39, 0.29) is 0 Å². The predicted molar refractivity (Wildman–Crippen MR) is 101 cm³/mol. The Bertz CT molecular complexity index is 1050. The van der Waals surface area contributed by atoms with Gasteiger partial charge in [0.1, 0.15) is 5.65 Å². The van der Waals surface area contributed by atoms with Crippen molar-refractivity contribution >= 4 is 26.6 Å². The molecule has 2 N–H and O–H groups in total. The molecule has 3 aromatic rings. The van der Waals surface area contributed by atoms with Gasteiger partial charge in [0.05, 0.1) is 4.90 Å². The summed E-state index contributed by atoms with van der Waals surface area (Å²) in [5, 5.41) is 4.49. The van der Waals surface area contributed by atoms with Crippen molar-refractivity contribution in [2.45, 2.75) is 24.7 Å². The molecule has 0 spiro atoms. The quantitative estimate of drug-likeness (QED) is 0.731. The smallest absolute Gasteiger partial charge is 0.175 e. The van der Waals surface area contributed by atoms with Crippen LogP contribution in [-0.4, -0.2) is 31.2 Å². The van der Waals surface area contributed by atoms with Gasteiger partial charge in [0, 0.05) is 41.3 Å². The van der Waals surface area contributed by atoms with Gasteiger partial charge in [-0.05, 0) is 61.6 Å². The van der Waals surface area contributed by atoms with Crippen molar-refractivity contribution in [1.29, 1.82) is 0 Å². The van der Waals surface area contributed by atoms with E-state index >= 15 is 0 Å². The first-order valence-electron chi connectivity index (χ1n) is 8.45. The molecule has 1 fully saturated rings. The van der Waals surface area contributed by atoms with Crippen LogP contribution in [0.4, 0.5) is 5.69 Å². The SMILES string of the molecule is Cc1cc(-c2cc(S(C)(=O)=O)ccc2NCC2CC2)c2cc[nH]c2n1. The number of H-pyrrole nitrogens is 1. The standard InChI is InChI=1S/C19H21N3O2S/c1-12-9-16(15-7-8-20-19(15)22-12)17-10-14(25(2,23)24)5-6-18(17)21-11-13-3-4-13/h5-10,13,21H,3-4,11H2,1-2H3,(H,20,22). The summed E-state index contributed by atoms with van der Waals surface area (Å²) in [6, 6.07) is 9.32. The number of pyridine rings is 1. The van der Waals surface area contributed by atoms with Gasteiger partial charge in [0.25, 0.3) is 0 Å². The monoisotopic (exact) mass is 355 g/mol. The van der Waals surface area contributed by atoms with Crippen LogP contribution in [0.2, 0.25) is 0 Å². The third-order valence-electron chi connectivity index (χ3n) is 4.64. The maximum atomic E-state index is 12.0. The van der Waals surface area contributed by atoms with E-state index in [0.717, 1.165) is 46.0 Å². The van der Waals surface area contributed by atoms with E-state index in [9.17, 15) is 8.42 Å². The first-order chi connectivity index (χ1) is 11.9. The molecule has 0 bridgehead atoms. The lowest BCUT2D eigenvalue weighted by atomic mass is 10.0. The van der Waals surface area contributed by atoms with Gasteiger partial charge in [0.15, 0.2) is 9.84 Å². The molecule has 2 aromatic heterocycles. The van der Waals surface area contributed by atoms with Crippen LogP contribution in [0, 0.1) is 12.8 Å². The fourth-order valence-corrected chi connectivity index (χ4v) is 3.74. The van der Waals surface area contributed by atoms with Gasteiger partial charge in [-0.15, -0.1) is 0 Å². The van der Waals surface area contributed by atoms with Gasteiger partial charge < -0.3 is 10.3 Å². The number of anilines is 1. The molecule has 130 valence electrons. The number of hydrogen-bond donors (Lipinski definition) is 2. The fraction of sp³-hybridized carbons (Fsp3) is 0.316. The zero-order valence-electron chi connectivity index (χ0n) is 14.3. The van der Waals surface area contributed by atoms with Crippen LogP contribution in [0.25, 0.3) is 22.2 Å². The lowest BCUT2D eigenvalue weighted by Crippen LogP contribution is -2.06.